The number of carbonyl (C=O) groups excluding carboxylic acids is 1. The summed E-state index contributed by atoms with van der Waals surface area (Å²) in [5, 5.41) is 6.87. The van der Waals surface area contributed by atoms with Crippen LogP contribution >= 0.6 is 28.5 Å². The van der Waals surface area contributed by atoms with Crippen molar-refractivity contribution in [3.8, 4) is 11.4 Å². The summed E-state index contributed by atoms with van der Waals surface area (Å²) in [4.78, 5) is 25.9. The molecule has 12 heteroatoms. The minimum Gasteiger partial charge on any atom is -0.373 e. The van der Waals surface area contributed by atoms with E-state index < -0.39 is 0 Å². The number of hydrogen-bond acceptors (Lipinski definition) is 8. The van der Waals surface area contributed by atoms with Gasteiger partial charge in [-0.3, -0.25) is 9.20 Å². The lowest BCUT2D eigenvalue weighted by molar-refractivity contribution is 0.0924. The Labute approximate surface area is 198 Å². The van der Waals surface area contributed by atoms with Crippen molar-refractivity contribution in [1.29, 1.82) is 0 Å². The number of aryl methyl sites for hydroxylation is 2. The number of benzene rings is 1. The summed E-state index contributed by atoms with van der Waals surface area (Å²) in [5.74, 6) is 0.640. The van der Waals surface area contributed by atoms with Crippen LogP contribution in [0.3, 0.4) is 0 Å². The smallest absolute Gasteiger partial charge is 0.274 e. The lowest BCUT2D eigenvalue weighted by Gasteiger charge is -2.10. The molecule has 3 aromatic heterocycles. The number of nitrogens with one attached hydrogen (secondary N) is 1. The molecule has 0 saturated heterocycles. The zero-order chi connectivity index (χ0) is 22.5. The fourth-order valence-electron chi connectivity index (χ4n) is 2.98. The second-order valence-corrected chi connectivity index (χ2v) is 8.62. The third-order valence-electron chi connectivity index (χ3n) is 4.60. The molecule has 166 valence electrons. The highest BCUT2D eigenvalue weighted by atomic mass is 127. The third kappa shape index (κ3) is 5.29. The molecule has 0 bridgehead atoms. The predicted octanol–water partition coefficient (Wildman–Crippen LogP) is 4.13. The lowest BCUT2D eigenvalue weighted by Crippen LogP contribution is -2.15. The monoisotopic (exact) mass is 566 g/mol. The SMILES string of the molecule is Cc1nc(-c2ccc(C)c(NC(=O)c3cnc4cc(COCCOPI)ncn34)c2)no1. The van der Waals surface area contributed by atoms with Gasteiger partial charge >= 0.3 is 0 Å². The van der Waals surface area contributed by atoms with Gasteiger partial charge in [0.25, 0.3) is 5.91 Å². The Hall–Kier alpha value is -2.47. The average molecular weight is 566 g/mol. The topological polar surface area (TPSA) is 117 Å². The van der Waals surface area contributed by atoms with Gasteiger partial charge in [0.1, 0.15) is 17.7 Å². The molecule has 0 aliphatic heterocycles. The molecular weight excluding hydrogens is 546 g/mol. The van der Waals surface area contributed by atoms with Gasteiger partial charge in [0, 0.05) is 24.2 Å². The van der Waals surface area contributed by atoms with E-state index in [0.29, 0.717) is 55.0 Å². The molecular formula is C20H20IN6O4P. The van der Waals surface area contributed by atoms with Crippen LogP contribution in [0.4, 0.5) is 5.69 Å². The van der Waals surface area contributed by atoms with Crippen molar-refractivity contribution in [3.05, 3.63) is 59.6 Å². The first-order chi connectivity index (χ1) is 15.5. The van der Waals surface area contributed by atoms with Crippen LogP contribution in [0.2, 0.25) is 0 Å². The highest BCUT2D eigenvalue weighted by Gasteiger charge is 2.15. The molecule has 0 spiro atoms. The number of anilines is 1. The first kappa shape index (κ1) is 22.7. The molecule has 0 aliphatic carbocycles. The van der Waals surface area contributed by atoms with E-state index in [4.69, 9.17) is 13.8 Å². The Balaban J connectivity index is 1.48. The van der Waals surface area contributed by atoms with Crippen LogP contribution in [0, 0.1) is 13.8 Å². The summed E-state index contributed by atoms with van der Waals surface area (Å²) in [7, 11) is 0. The number of aromatic nitrogens is 5. The van der Waals surface area contributed by atoms with E-state index in [2.05, 4.69) is 47.5 Å². The van der Waals surface area contributed by atoms with E-state index in [9.17, 15) is 4.79 Å². The number of imidazole rings is 1. The van der Waals surface area contributed by atoms with Gasteiger partial charge in [-0.05, 0) is 40.6 Å². The van der Waals surface area contributed by atoms with Crippen LogP contribution in [0.1, 0.15) is 27.6 Å². The van der Waals surface area contributed by atoms with Crippen LogP contribution in [0.25, 0.3) is 17.0 Å². The van der Waals surface area contributed by atoms with Crippen LogP contribution in [0.5, 0.6) is 0 Å². The lowest BCUT2D eigenvalue weighted by atomic mass is 10.1. The molecule has 0 radical (unpaired) electrons. The molecule has 1 N–H and O–H groups in total. The van der Waals surface area contributed by atoms with E-state index in [-0.39, 0.29) is 5.91 Å². The summed E-state index contributed by atoms with van der Waals surface area (Å²) < 4.78 is 17.5. The molecule has 4 rings (SSSR count). The maximum atomic E-state index is 13.0. The number of nitrogens with zero attached hydrogens (tertiary/aromatic N) is 5. The highest BCUT2D eigenvalue weighted by molar-refractivity contribution is 14.2. The Morgan fingerprint density at radius 1 is 1.25 bits per heavy atom. The van der Waals surface area contributed by atoms with Crippen molar-refractivity contribution in [3.63, 3.8) is 0 Å². The minimum atomic E-state index is -0.301. The van der Waals surface area contributed by atoms with Gasteiger partial charge in [0.2, 0.25) is 11.7 Å². The van der Waals surface area contributed by atoms with Crippen molar-refractivity contribution in [2.45, 2.75) is 20.5 Å². The quantitative estimate of drug-likeness (QED) is 0.183. The van der Waals surface area contributed by atoms with E-state index in [0.717, 1.165) is 16.8 Å². The van der Waals surface area contributed by atoms with Crippen LogP contribution < -0.4 is 5.32 Å². The Bertz CT molecular complexity index is 1240. The van der Waals surface area contributed by atoms with Crippen molar-refractivity contribution < 1.29 is 18.6 Å². The third-order valence-corrected chi connectivity index (χ3v) is 5.85. The Kier molecular flexibility index (Phi) is 7.40. The van der Waals surface area contributed by atoms with Gasteiger partial charge in [-0.15, -0.1) is 0 Å². The molecule has 0 fully saturated rings. The van der Waals surface area contributed by atoms with Gasteiger partial charge in [-0.2, -0.15) is 4.98 Å². The normalized spacial score (nSPS) is 11.6. The van der Waals surface area contributed by atoms with Gasteiger partial charge in [0.15, 0.2) is 0 Å². The van der Waals surface area contributed by atoms with Gasteiger partial charge in [-0.25, -0.2) is 9.97 Å². The Morgan fingerprint density at radius 3 is 2.91 bits per heavy atom. The minimum absolute atomic E-state index is 0.301. The fourth-order valence-corrected chi connectivity index (χ4v) is 3.80. The number of halogens is 1. The molecule has 0 saturated carbocycles. The maximum Gasteiger partial charge on any atom is 0.274 e. The zero-order valence-electron chi connectivity index (χ0n) is 17.3. The number of hydrogen-bond donors (Lipinski definition) is 1. The summed E-state index contributed by atoms with van der Waals surface area (Å²) in [6.45, 7) is 5.44. The van der Waals surface area contributed by atoms with Crippen molar-refractivity contribution in [2.24, 2.45) is 0 Å². The second kappa shape index (κ2) is 10.4. The number of ether oxygens (including phenoxy) is 1. The van der Waals surface area contributed by atoms with E-state index in [1.54, 1.807) is 23.7 Å². The van der Waals surface area contributed by atoms with Crippen molar-refractivity contribution in [2.75, 3.05) is 18.5 Å². The summed E-state index contributed by atoms with van der Waals surface area (Å²) >= 11 is 2.17. The van der Waals surface area contributed by atoms with Gasteiger partial charge in [-0.1, -0.05) is 17.3 Å². The van der Waals surface area contributed by atoms with Gasteiger partial charge < -0.3 is 19.1 Å². The molecule has 4 aromatic rings. The van der Waals surface area contributed by atoms with Crippen molar-refractivity contribution in [1.82, 2.24) is 24.5 Å². The predicted molar refractivity (Wildman–Crippen MR) is 128 cm³/mol. The summed E-state index contributed by atoms with van der Waals surface area (Å²) in [6, 6.07) is 7.38. The van der Waals surface area contributed by atoms with E-state index >= 15 is 0 Å². The molecule has 10 nitrogen and oxygen atoms in total. The van der Waals surface area contributed by atoms with Gasteiger partial charge in [0.05, 0.1) is 38.2 Å². The molecule has 1 atom stereocenters. The molecule has 1 aromatic carbocycles. The number of rotatable bonds is 9. The first-order valence-corrected chi connectivity index (χ1v) is 13.7. The second-order valence-electron chi connectivity index (χ2n) is 6.85. The Morgan fingerprint density at radius 2 is 2.12 bits per heavy atom. The van der Waals surface area contributed by atoms with Crippen LogP contribution in [-0.2, 0) is 15.9 Å². The molecule has 1 amide bonds. The molecule has 32 heavy (non-hydrogen) atoms. The molecule has 0 aliphatic rings. The van der Waals surface area contributed by atoms with Crippen LogP contribution in [0.15, 0.2) is 41.3 Å². The standard InChI is InChI=1S/C20H20IN6O4P/c1-12-3-4-14(19-24-13(2)31-26-19)7-16(12)25-20(28)17-9-22-18-8-15(23-11-27(17)18)10-29-5-6-30-32-21/h3-4,7-9,11,32H,5-6,10H2,1-2H3,(H,25,28). The highest BCUT2D eigenvalue weighted by Crippen LogP contribution is 2.24. The zero-order valence-corrected chi connectivity index (χ0v) is 20.5. The molecule has 1 unspecified atom stereocenters. The van der Waals surface area contributed by atoms with E-state index in [1.165, 1.54) is 6.20 Å². The molecule has 3 heterocycles. The largest absolute Gasteiger partial charge is 0.373 e. The summed E-state index contributed by atoms with van der Waals surface area (Å²) in [6.07, 6.45) is 3.10. The summed E-state index contributed by atoms with van der Waals surface area (Å²) in [5.41, 5.74) is 4.01. The fraction of sp³-hybridized carbons (Fsp3) is 0.250. The average Bonchev–Trinajstić information content (AvgIpc) is 3.41. The maximum absolute atomic E-state index is 13.0. The van der Waals surface area contributed by atoms with Crippen LogP contribution in [-0.4, -0.2) is 43.6 Å². The first-order valence-electron chi connectivity index (χ1n) is 9.65. The van der Waals surface area contributed by atoms with Crippen molar-refractivity contribution >= 4 is 45.7 Å². The number of amides is 1. The number of fused-ring (bicyclic) bond motifs is 1. The van der Waals surface area contributed by atoms with E-state index in [1.807, 2.05) is 25.1 Å². The number of carbonyl (C=O) groups is 1.